The van der Waals surface area contributed by atoms with Gasteiger partial charge in [-0.2, -0.15) is 5.26 Å². The largest absolute Gasteiger partial charge is 0.493 e. The highest BCUT2D eigenvalue weighted by atomic mass is 79.9. The summed E-state index contributed by atoms with van der Waals surface area (Å²) in [6, 6.07) is 20.1. The quantitative estimate of drug-likeness (QED) is 0.311. The van der Waals surface area contributed by atoms with Gasteiger partial charge in [0, 0.05) is 0 Å². The van der Waals surface area contributed by atoms with Gasteiger partial charge in [-0.3, -0.25) is 0 Å². The third kappa shape index (κ3) is 4.68. The molecule has 0 saturated heterocycles. The number of nitriles is 1. The number of fused-ring (bicyclic) bond motifs is 1. The monoisotopic (exact) mass is 487 g/mol. The van der Waals surface area contributed by atoms with E-state index < -0.39 is 0 Å². The average Bonchev–Trinajstić information content (AvgIpc) is 3.20. The van der Waals surface area contributed by atoms with E-state index in [-0.39, 0.29) is 0 Å². The highest BCUT2D eigenvalue weighted by molar-refractivity contribution is 9.10. The maximum atomic E-state index is 9.75. The summed E-state index contributed by atoms with van der Waals surface area (Å²) >= 11 is 3.59. The van der Waals surface area contributed by atoms with Crippen molar-refractivity contribution in [1.29, 1.82) is 5.26 Å². The summed E-state index contributed by atoms with van der Waals surface area (Å²) in [5.41, 5.74) is 6.36. The average molecular weight is 488 g/mol. The smallest absolute Gasteiger partial charge is 0.175 e. The number of aryl methyl sites for hydroxylation is 2. The van der Waals surface area contributed by atoms with Crippen LogP contribution >= 0.6 is 15.9 Å². The first-order valence-electron chi connectivity index (χ1n) is 10.1. The van der Waals surface area contributed by atoms with E-state index in [0.29, 0.717) is 29.5 Å². The lowest BCUT2D eigenvalue weighted by Gasteiger charge is -2.14. The fourth-order valence-electron chi connectivity index (χ4n) is 3.37. The van der Waals surface area contributed by atoms with Crippen LogP contribution in [0.5, 0.6) is 11.5 Å². The molecule has 0 fully saturated rings. The topological polar surface area (TPSA) is 70.9 Å². The fourth-order valence-corrected chi connectivity index (χ4v) is 3.95. The van der Waals surface area contributed by atoms with E-state index in [2.05, 4.69) is 51.0 Å². The van der Waals surface area contributed by atoms with Gasteiger partial charge in [0.05, 0.1) is 28.2 Å². The van der Waals surface area contributed by atoms with Crippen LogP contribution in [-0.4, -0.2) is 17.1 Å². The number of allylic oxidation sites excluding steroid dienone is 1. The molecule has 0 aliphatic carbocycles. The van der Waals surface area contributed by atoms with Crippen molar-refractivity contribution in [2.24, 2.45) is 0 Å². The standard InChI is InChI=1S/C26H22BrN3O2/c1-16-4-7-18(8-5-16)15-32-25-21(27)12-19(13-24(25)31-3)11-20(14-28)26-29-22-9-6-17(2)10-23(22)30-26/h4-13H,15H2,1-3H3,(H,29,30)/b20-11-. The molecule has 1 heterocycles. The van der Waals surface area contributed by atoms with Crippen LogP contribution in [0.4, 0.5) is 0 Å². The number of halogens is 1. The summed E-state index contributed by atoms with van der Waals surface area (Å²) in [6.07, 6.45) is 1.78. The molecule has 0 aliphatic rings. The Balaban J connectivity index is 1.63. The predicted molar refractivity (Wildman–Crippen MR) is 131 cm³/mol. The normalized spacial score (nSPS) is 11.4. The van der Waals surface area contributed by atoms with Crippen molar-refractivity contribution in [1.82, 2.24) is 9.97 Å². The molecule has 0 bridgehead atoms. The minimum absolute atomic E-state index is 0.423. The van der Waals surface area contributed by atoms with E-state index >= 15 is 0 Å². The summed E-state index contributed by atoms with van der Waals surface area (Å²) in [5.74, 6) is 1.72. The Kier molecular flexibility index (Phi) is 6.29. The lowest BCUT2D eigenvalue weighted by Crippen LogP contribution is -1.99. The molecule has 0 aliphatic heterocycles. The van der Waals surface area contributed by atoms with Gasteiger partial charge in [-0.25, -0.2) is 4.98 Å². The highest BCUT2D eigenvalue weighted by Gasteiger charge is 2.14. The number of hydrogen-bond acceptors (Lipinski definition) is 4. The van der Waals surface area contributed by atoms with E-state index in [9.17, 15) is 5.26 Å². The van der Waals surface area contributed by atoms with Crippen LogP contribution < -0.4 is 9.47 Å². The molecule has 1 aromatic heterocycles. The minimum Gasteiger partial charge on any atom is -0.493 e. The molecule has 32 heavy (non-hydrogen) atoms. The second kappa shape index (κ2) is 9.29. The van der Waals surface area contributed by atoms with E-state index in [0.717, 1.165) is 32.2 Å². The summed E-state index contributed by atoms with van der Waals surface area (Å²) in [6.45, 7) is 4.50. The summed E-state index contributed by atoms with van der Waals surface area (Å²) in [7, 11) is 1.60. The van der Waals surface area contributed by atoms with E-state index in [4.69, 9.17) is 9.47 Å². The molecule has 1 N–H and O–H groups in total. The first kappa shape index (κ1) is 21.7. The Labute approximate surface area is 195 Å². The first-order chi connectivity index (χ1) is 15.5. The summed E-state index contributed by atoms with van der Waals surface area (Å²) in [5, 5.41) is 9.75. The van der Waals surface area contributed by atoms with Gasteiger partial charge >= 0.3 is 0 Å². The fraction of sp³-hybridized carbons (Fsp3) is 0.154. The van der Waals surface area contributed by atoms with Crippen LogP contribution in [0.1, 0.15) is 28.1 Å². The Morgan fingerprint density at radius 3 is 2.56 bits per heavy atom. The van der Waals surface area contributed by atoms with Gasteiger partial charge in [0.1, 0.15) is 18.5 Å². The number of rotatable bonds is 6. The SMILES string of the molecule is COc1cc(/C=C(/C#N)c2nc3ccc(C)cc3[nH]2)cc(Br)c1OCc1ccc(C)cc1. The van der Waals surface area contributed by atoms with Crippen molar-refractivity contribution in [2.75, 3.05) is 7.11 Å². The number of benzene rings is 3. The van der Waals surface area contributed by atoms with Gasteiger partial charge in [0.15, 0.2) is 11.5 Å². The van der Waals surface area contributed by atoms with Crippen LogP contribution in [0.3, 0.4) is 0 Å². The Hall–Kier alpha value is -3.56. The second-order valence-corrected chi connectivity index (χ2v) is 8.44. The molecule has 4 aromatic rings. The Morgan fingerprint density at radius 2 is 1.84 bits per heavy atom. The van der Waals surface area contributed by atoms with Gasteiger partial charge < -0.3 is 14.5 Å². The number of nitrogens with one attached hydrogen (secondary N) is 1. The molecule has 0 saturated carbocycles. The number of methoxy groups -OCH3 is 1. The molecule has 0 spiro atoms. The molecule has 5 nitrogen and oxygen atoms in total. The number of aromatic amines is 1. The zero-order valence-corrected chi connectivity index (χ0v) is 19.7. The number of hydrogen-bond donors (Lipinski definition) is 1. The van der Waals surface area contributed by atoms with Crippen LogP contribution in [-0.2, 0) is 6.61 Å². The molecule has 4 rings (SSSR count). The number of imidazole rings is 1. The van der Waals surface area contributed by atoms with Gasteiger partial charge in [0.25, 0.3) is 0 Å². The van der Waals surface area contributed by atoms with Gasteiger partial charge in [-0.1, -0.05) is 35.9 Å². The maximum Gasteiger partial charge on any atom is 0.175 e. The van der Waals surface area contributed by atoms with Gasteiger partial charge in [0.2, 0.25) is 0 Å². The molecule has 6 heteroatoms. The zero-order valence-electron chi connectivity index (χ0n) is 18.1. The number of ether oxygens (including phenoxy) is 2. The molecule has 0 unspecified atom stereocenters. The third-order valence-corrected chi connectivity index (χ3v) is 5.67. The van der Waals surface area contributed by atoms with E-state index in [1.807, 2.05) is 49.4 Å². The lowest BCUT2D eigenvalue weighted by atomic mass is 10.1. The van der Waals surface area contributed by atoms with E-state index in [1.54, 1.807) is 13.2 Å². The summed E-state index contributed by atoms with van der Waals surface area (Å²) in [4.78, 5) is 7.79. The molecular weight excluding hydrogens is 466 g/mol. The van der Waals surface area contributed by atoms with Crippen molar-refractivity contribution in [3.63, 3.8) is 0 Å². The van der Waals surface area contributed by atoms with Crippen LogP contribution in [0.25, 0.3) is 22.7 Å². The maximum absolute atomic E-state index is 9.75. The Bertz CT molecular complexity index is 1350. The summed E-state index contributed by atoms with van der Waals surface area (Å²) < 4.78 is 12.3. The van der Waals surface area contributed by atoms with Crippen molar-refractivity contribution in [3.05, 3.63) is 87.1 Å². The van der Waals surface area contributed by atoms with Crippen molar-refractivity contribution in [3.8, 4) is 17.6 Å². The van der Waals surface area contributed by atoms with Crippen LogP contribution in [0, 0.1) is 25.2 Å². The van der Waals surface area contributed by atoms with Crippen molar-refractivity contribution >= 4 is 38.6 Å². The first-order valence-corrected chi connectivity index (χ1v) is 10.9. The molecule has 0 radical (unpaired) electrons. The van der Waals surface area contributed by atoms with Gasteiger partial charge in [-0.15, -0.1) is 0 Å². The second-order valence-electron chi connectivity index (χ2n) is 7.58. The highest BCUT2D eigenvalue weighted by Crippen LogP contribution is 2.38. The zero-order chi connectivity index (χ0) is 22.7. The molecule has 160 valence electrons. The van der Waals surface area contributed by atoms with Gasteiger partial charge in [-0.05, 0) is 76.8 Å². The van der Waals surface area contributed by atoms with Crippen molar-refractivity contribution in [2.45, 2.75) is 20.5 Å². The number of H-pyrrole nitrogens is 1. The Morgan fingerprint density at radius 1 is 1.09 bits per heavy atom. The number of nitrogens with zero attached hydrogens (tertiary/aromatic N) is 2. The van der Waals surface area contributed by atoms with Crippen molar-refractivity contribution < 1.29 is 9.47 Å². The molecule has 0 amide bonds. The predicted octanol–water partition coefficient (Wildman–Crippen LogP) is 6.59. The molecule has 3 aromatic carbocycles. The number of aromatic nitrogens is 2. The third-order valence-electron chi connectivity index (χ3n) is 5.08. The van der Waals surface area contributed by atoms with Crippen LogP contribution in [0.15, 0.2) is 59.1 Å². The van der Waals surface area contributed by atoms with Crippen LogP contribution in [0.2, 0.25) is 0 Å². The lowest BCUT2D eigenvalue weighted by molar-refractivity contribution is 0.282. The molecule has 0 atom stereocenters. The molecular formula is C26H22BrN3O2. The minimum atomic E-state index is 0.423. The van der Waals surface area contributed by atoms with E-state index in [1.165, 1.54) is 5.56 Å².